The minimum Gasteiger partial charge on any atom is -0.342 e. The van der Waals surface area contributed by atoms with Gasteiger partial charge in [0.25, 0.3) is 0 Å². The van der Waals surface area contributed by atoms with Gasteiger partial charge in [0, 0.05) is 25.6 Å². The second-order valence-corrected chi connectivity index (χ2v) is 6.43. The lowest BCUT2D eigenvalue weighted by atomic mass is 9.90. The van der Waals surface area contributed by atoms with Crippen molar-refractivity contribution in [3.63, 3.8) is 0 Å². The van der Waals surface area contributed by atoms with Crippen molar-refractivity contribution in [2.24, 2.45) is 17.6 Å². The number of nitrogens with zero attached hydrogens (tertiary/aromatic N) is 1. The van der Waals surface area contributed by atoms with E-state index in [0.29, 0.717) is 6.54 Å². The van der Waals surface area contributed by atoms with Crippen LogP contribution in [0.4, 0.5) is 0 Å². The normalized spacial score (nSPS) is 17.8. The molecule has 1 saturated heterocycles. The number of aryl methyl sites for hydroxylation is 2. The molecular weight excluding hydrogens is 260 g/mol. The first-order chi connectivity index (χ1) is 10.1. The van der Waals surface area contributed by atoms with Crippen LogP contribution in [-0.4, -0.2) is 30.4 Å². The third kappa shape index (κ3) is 4.57. The Morgan fingerprint density at radius 3 is 2.48 bits per heavy atom. The van der Waals surface area contributed by atoms with Gasteiger partial charge in [0.1, 0.15) is 0 Å². The molecule has 1 aliphatic rings. The maximum absolute atomic E-state index is 12.1. The van der Waals surface area contributed by atoms with Gasteiger partial charge < -0.3 is 10.6 Å². The Bertz CT molecular complexity index is 447. The van der Waals surface area contributed by atoms with Gasteiger partial charge in [0.05, 0.1) is 0 Å². The summed E-state index contributed by atoms with van der Waals surface area (Å²) in [4.78, 5) is 14.1. The van der Waals surface area contributed by atoms with Crippen molar-refractivity contribution in [1.29, 1.82) is 0 Å². The van der Waals surface area contributed by atoms with Crippen LogP contribution in [0.3, 0.4) is 0 Å². The van der Waals surface area contributed by atoms with Crippen molar-refractivity contribution in [3.05, 3.63) is 35.4 Å². The van der Waals surface area contributed by atoms with Gasteiger partial charge in [-0.2, -0.15) is 0 Å². The molecule has 1 aliphatic heterocycles. The van der Waals surface area contributed by atoms with Crippen LogP contribution in [0.5, 0.6) is 0 Å². The van der Waals surface area contributed by atoms with Gasteiger partial charge in [-0.05, 0) is 44.1 Å². The van der Waals surface area contributed by atoms with Gasteiger partial charge in [-0.25, -0.2) is 0 Å². The van der Waals surface area contributed by atoms with E-state index in [1.165, 1.54) is 17.5 Å². The zero-order valence-corrected chi connectivity index (χ0v) is 13.3. The molecule has 1 unspecified atom stereocenters. The van der Waals surface area contributed by atoms with Crippen LogP contribution in [0.25, 0.3) is 0 Å². The van der Waals surface area contributed by atoms with Gasteiger partial charge in [0.15, 0.2) is 0 Å². The number of nitrogens with two attached hydrogens (primary N) is 1. The van der Waals surface area contributed by atoms with Crippen molar-refractivity contribution in [3.8, 4) is 0 Å². The highest BCUT2D eigenvalue weighted by molar-refractivity contribution is 5.78. The second-order valence-electron chi connectivity index (χ2n) is 6.43. The largest absolute Gasteiger partial charge is 0.342 e. The Morgan fingerprint density at radius 2 is 1.90 bits per heavy atom. The first-order valence-corrected chi connectivity index (χ1v) is 8.14. The third-order valence-electron chi connectivity index (χ3n) is 4.66. The molecule has 0 aliphatic carbocycles. The van der Waals surface area contributed by atoms with Crippen molar-refractivity contribution in [2.45, 2.75) is 39.5 Å². The van der Waals surface area contributed by atoms with Crippen LogP contribution in [-0.2, 0) is 11.2 Å². The van der Waals surface area contributed by atoms with Gasteiger partial charge in [0.2, 0.25) is 5.91 Å². The molecule has 0 spiro atoms. The summed E-state index contributed by atoms with van der Waals surface area (Å²) >= 11 is 0. The van der Waals surface area contributed by atoms with Crippen molar-refractivity contribution in [2.75, 3.05) is 19.6 Å². The van der Waals surface area contributed by atoms with Crippen LogP contribution in [0.2, 0.25) is 0 Å². The van der Waals surface area contributed by atoms with Crippen molar-refractivity contribution in [1.82, 2.24) is 4.90 Å². The fourth-order valence-corrected chi connectivity index (χ4v) is 2.98. The van der Waals surface area contributed by atoms with E-state index in [1.54, 1.807) is 0 Å². The summed E-state index contributed by atoms with van der Waals surface area (Å²) in [5, 5.41) is 0. The molecule has 0 radical (unpaired) electrons. The number of likely N-dealkylation sites (tertiary alicyclic amines) is 1. The van der Waals surface area contributed by atoms with E-state index in [1.807, 2.05) is 11.8 Å². The number of hydrogen-bond donors (Lipinski definition) is 1. The summed E-state index contributed by atoms with van der Waals surface area (Å²) in [6.07, 6.45) is 4.65. The Labute approximate surface area is 128 Å². The molecule has 116 valence electrons. The molecule has 1 heterocycles. The van der Waals surface area contributed by atoms with Gasteiger partial charge >= 0.3 is 0 Å². The number of amides is 1. The number of hydrogen-bond acceptors (Lipinski definition) is 2. The molecule has 0 bridgehead atoms. The highest BCUT2D eigenvalue weighted by Gasteiger charge is 2.25. The number of rotatable bonds is 5. The molecule has 2 rings (SSSR count). The fourth-order valence-electron chi connectivity index (χ4n) is 2.98. The first kappa shape index (κ1) is 16.0. The molecule has 1 amide bonds. The van der Waals surface area contributed by atoms with Gasteiger partial charge in [-0.1, -0.05) is 36.8 Å². The number of carbonyl (C=O) groups excluding carboxylic acids is 1. The van der Waals surface area contributed by atoms with Crippen LogP contribution >= 0.6 is 0 Å². The summed E-state index contributed by atoms with van der Waals surface area (Å²) in [5.74, 6) is 0.951. The van der Waals surface area contributed by atoms with E-state index < -0.39 is 0 Å². The molecular formula is C18H28N2O. The summed E-state index contributed by atoms with van der Waals surface area (Å²) < 4.78 is 0. The molecule has 2 N–H and O–H groups in total. The maximum atomic E-state index is 12.1. The topological polar surface area (TPSA) is 46.3 Å². The Morgan fingerprint density at radius 1 is 1.29 bits per heavy atom. The highest BCUT2D eigenvalue weighted by Crippen LogP contribution is 2.23. The molecule has 1 aromatic rings. The van der Waals surface area contributed by atoms with Crippen LogP contribution in [0.1, 0.15) is 37.3 Å². The summed E-state index contributed by atoms with van der Waals surface area (Å²) in [6, 6.07) is 8.84. The molecule has 0 saturated carbocycles. The van der Waals surface area contributed by atoms with E-state index >= 15 is 0 Å². The van der Waals surface area contributed by atoms with Gasteiger partial charge in [-0.15, -0.1) is 0 Å². The highest BCUT2D eigenvalue weighted by atomic mass is 16.2. The third-order valence-corrected chi connectivity index (χ3v) is 4.66. The lowest BCUT2D eigenvalue weighted by Gasteiger charge is -2.33. The lowest BCUT2D eigenvalue weighted by Crippen LogP contribution is -2.42. The lowest BCUT2D eigenvalue weighted by molar-refractivity contribution is -0.136. The summed E-state index contributed by atoms with van der Waals surface area (Å²) in [6.45, 7) is 6.31. The fraction of sp³-hybridized carbons (Fsp3) is 0.611. The van der Waals surface area contributed by atoms with Crippen LogP contribution < -0.4 is 5.73 Å². The molecule has 1 fully saturated rings. The number of piperidine rings is 1. The Hall–Kier alpha value is -1.35. The van der Waals surface area contributed by atoms with Crippen molar-refractivity contribution < 1.29 is 4.79 Å². The molecule has 21 heavy (non-hydrogen) atoms. The number of benzene rings is 1. The van der Waals surface area contributed by atoms with E-state index in [4.69, 9.17) is 5.73 Å². The first-order valence-electron chi connectivity index (χ1n) is 8.14. The van der Waals surface area contributed by atoms with Crippen molar-refractivity contribution >= 4 is 5.91 Å². The van der Waals surface area contributed by atoms with Gasteiger partial charge in [-0.3, -0.25) is 4.79 Å². The van der Waals surface area contributed by atoms with Crippen LogP contribution in [0, 0.1) is 18.8 Å². The maximum Gasteiger partial charge on any atom is 0.226 e. The quantitative estimate of drug-likeness (QED) is 0.905. The molecule has 3 nitrogen and oxygen atoms in total. The number of carbonyl (C=O) groups is 1. The molecule has 1 aromatic carbocycles. The van der Waals surface area contributed by atoms with E-state index in [0.717, 1.165) is 38.3 Å². The molecule has 3 heteroatoms. The second kappa shape index (κ2) is 7.60. The smallest absolute Gasteiger partial charge is 0.226 e. The van der Waals surface area contributed by atoms with E-state index in [-0.39, 0.29) is 11.8 Å². The predicted molar refractivity (Wildman–Crippen MR) is 87.0 cm³/mol. The Balaban J connectivity index is 1.74. The summed E-state index contributed by atoms with van der Waals surface area (Å²) in [7, 11) is 0. The zero-order valence-electron chi connectivity index (χ0n) is 13.3. The molecule has 0 aromatic heterocycles. The van der Waals surface area contributed by atoms with Crippen LogP contribution in [0.15, 0.2) is 24.3 Å². The molecule has 1 atom stereocenters. The van der Waals surface area contributed by atoms with E-state index in [2.05, 4.69) is 31.2 Å². The summed E-state index contributed by atoms with van der Waals surface area (Å²) in [5.41, 5.74) is 8.33. The average Bonchev–Trinajstić information content (AvgIpc) is 2.53. The average molecular weight is 288 g/mol. The standard InChI is InChI=1S/C18H28N2O/c1-14-3-5-16(6-4-14)7-8-17-9-11-20(12-10-17)18(21)15(2)13-19/h3-6,15,17H,7-13,19H2,1-2H3. The van der Waals surface area contributed by atoms with E-state index in [9.17, 15) is 4.79 Å². The Kier molecular flexibility index (Phi) is 5.80. The predicted octanol–water partition coefficient (Wildman–Crippen LogP) is 2.76. The monoisotopic (exact) mass is 288 g/mol. The minimum absolute atomic E-state index is 0.0332. The zero-order chi connectivity index (χ0) is 15.2. The SMILES string of the molecule is Cc1ccc(CCC2CCN(C(=O)C(C)CN)CC2)cc1. The minimum atomic E-state index is -0.0332.